The molecule has 0 saturated heterocycles. The second-order valence-electron chi connectivity index (χ2n) is 23.1. The van der Waals surface area contributed by atoms with Crippen molar-refractivity contribution in [3.63, 3.8) is 0 Å². The van der Waals surface area contributed by atoms with Gasteiger partial charge in [-0.05, 0) is 204 Å². The lowest BCUT2D eigenvalue weighted by Gasteiger charge is -2.26. The summed E-state index contributed by atoms with van der Waals surface area (Å²) >= 11 is 0. The molecule has 0 aliphatic heterocycles. The first-order chi connectivity index (χ1) is 44.4. The molecule has 0 aromatic heterocycles. The highest BCUT2D eigenvalue weighted by molar-refractivity contribution is 6.12. The molecule has 16 aromatic rings. The summed E-state index contributed by atoms with van der Waals surface area (Å²) in [7, 11) is 4.31. The highest BCUT2D eigenvalue weighted by Crippen LogP contribution is 2.42. The molecule has 0 unspecified atom stereocenters. The molecule has 0 bridgehead atoms. The zero-order chi connectivity index (χ0) is 60.3. The SMILES string of the molecule is CN(c1ccc(-c2ccc(N(c3ccccc3)c3ccc4ccccc4c3)cc2)cc1)c1c2ccccc2cc2ccccc12.CN(c1ccc(-c2ccc(N(c3ccccc3)c3ccc4ccccc4c3)cc2)cc1)c1ccc2cc3ccccc3cc2c1. The third kappa shape index (κ3) is 11.0. The molecule has 0 amide bonds. The van der Waals surface area contributed by atoms with Crippen molar-refractivity contribution in [3.8, 4) is 22.3 Å². The van der Waals surface area contributed by atoms with Crippen LogP contribution in [0.3, 0.4) is 0 Å². The monoisotopic (exact) mass is 1150 g/mol. The van der Waals surface area contributed by atoms with Crippen molar-refractivity contribution in [2.75, 3.05) is 33.7 Å². The predicted octanol–water partition coefficient (Wildman–Crippen LogP) is 24.1. The summed E-state index contributed by atoms with van der Waals surface area (Å²) < 4.78 is 0. The number of hydrogen-bond donors (Lipinski definition) is 0. The number of fused-ring (bicyclic) bond motifs is 6. The van der Waals surface area contributed by atoms with Crippen LogP contribution in [0.1, 0.15) is 0 Å². The smallest absolute Gasteiger partial charge is 0.0567 e. The maximum absolute atomic E-state index is 2.32. The molecule has 0 atom stereocenters. The summed E-state index contributed by atoms with van der Waals surface area (Å²) in [5.41, 5.74) is 16.3. The molecule has 0 heterocycles. The van der Waals surface area contributed by atoms with E-state index in [0.29, 0.717) is 0 Å². The van der Waals surface area contributed by atoms with Gasteiger partial charge >= 0.3 is 0 Å². The van der Waals surface area contributed by atoms with Crippen LogP contribution >= 0.6 is 0 Å². The van der Waals surface area contributed by atoms with Crippen LogP contribution in [-0.4, -0.2) is 14.1 Å². The maximum atomic E-state index is 2.32. The molecule has 0 spiro atoms. The Kier molecular flexibility index (Phi) is 14.8. The van der Waals surface area contributed by atoms with E-state index in [1.54, 1.807) is 0 Å². The zero-order valence-electron chi connectivity index (χ0n) is 50.3. The normalized spacial score (nSPS) is 11.2. The second kappa shape index (κ2) is 24.2. The molecule has 0 aliphatic rings. The van der Waals surface area contributed by atoms with E-state index in [9.17, 15) is 0 Å². The Labute approximate surface area is 526 Å². The lowest BCUT2D eigenvalue weighted by molar-refractivity contribution is 1.21. The van der Waals surface area contributed by atoms with Gasteiger partial charge in [0.05, 0.1) is 5.69 Å². The van der Waals surface area contributed by atoms with Crippen LogP contribution in [-0.2, 0) is 0 Å². The predicted molar refractivity (Wildman–Crippen MR) is 387 cm³/mol. The summed E-state index contributed by atoms with van der Waals surface area (Å²) in [5.74, 6) is 0. The third-order valence-corrected chi connectivity index (χ3v) is 17.6. The summed E-state index contributed by atoms with van der Waals surface area (Å²) in [6, 6.07) is 127. The molecule has 0 saturated carbocycles. The van der Waals surface area contributed by atoms with E-state index in [-0.39, 0.29) is 0 Å². The van der Waals surface area contributed by atoms with Crippen molar-refractivity contribution in [1.82, 2.24) is 0 Å². The van der Waals surface area contributed by atoms with Crippen LogP contribution in [0.15, 0.2) is 352 Å². The van der Waals surface area contributed by atoms with Gasteiger partial charge in [-0.25, -0.2) is 0 Å². The molecule has 0 fully saturated rings. The van der Waals surface area contributed by atoms with Crippen molar-refractivity contribution in [2.45, 2.75) is 0 Å². The van der Waals surface area contributed by atoms with Crippen molar-refractivity contribution in [1.29, 1.82) is 0 Å². The van der Waals surface area contributed by atoms with Crippen LogP contribution < -0.4 is 19.6 Å². The van der Waals surface area contributed by atoms with Crippen LogP contribution in [0.4, 0.5) is 56.9 Å². The summed E-state index contributed by atoms with van der Waals surface area (Å²) in [5, 5.41) is 15.0. The minimum atomic E-state index is 1.12. The van der Waals surface area contributed by atoms with Gasteiger partial charge in [-0.1, -0.05) is 224 Å². The molecular formula is C86H64N4. The Morgan fingerprint density at radius 3 is 0.867 bits per heavy atom. The number of hydrogen-bond acceptors (Lipinski definition) is 4. The molecule has 4 nitrogen and oxygen atoms in total. The standard InChI is InChI=1S/2C43H32N2/c1-44(43-41-17-9-7-13-35(41)29-36-14-8-10-18-42(36)43)37-24-19-32(20-25-37)33-21-26-39(27-22-33)45(38-15-3-2-4-16-38)40-28-23-31-11-5-6-12-34(31)30-40;1-44(42-25-20-37-27-34-10-7-8-11-35(34)28-38(37)30-42)39-21-15-32(16-22-39)33-17-23-41(24-18-33)45(40-13-3-2-4-14-40)43-26-19-31-9-5-6-12-36(31)29-43/h2*2-30H,1H3. The average molecular weight is 1150 g/mol. The number of para-hydroxylation sites is 2. The highest BCUT2D eigenvalue weighted by Gasteiger charge is 2.18. The van der Waals surface area contributed by atoms with E-state index < -0.39 is 0 Å². The lowest BCUT2D eigenvalue weighted by atomic mass is 9.99. The van der Waals surface area contributed by atoms with Crippen molar-refractivity contribution < 1.29 is 0 Å². The Balaban J connectivity index is 0.000000150. The Hall–Kier alpha value is -11.7. The fourth-order valence-corrected chi connectivity index (χ4v) is 12.8. The Morgan fingerprint density at radius 1 is 0.167 bits per heavy atom. The first-order valence-electron chi connectivity index (χ1n) is 30.8. The fraction of sp³-hybridized carbons (Fsp3) is 0.0233. The van der Waals surface area contributed by atoms with Crippen molar-refractivity contribution >= 4 is 122 Å². The molecular weight excluding hydrogens is 1090 g/mol. The van der Waals surface area contributed by atoms with E-state index in [2.05, 4.69) is 386 Å². The van der Waals surface area contributed by atoms with Gasteiger partial charge in [0.1, 0.15) is 0 Å². The summed E-state index contributed by atoms with van der Waals surface area (Å²) in [6.45, 7) is 0. The van der Waals surface area contributed by atoms with Crippen LogP contribution in [0.5, 0.6) is 0 Å². The quantitative estimate of drug-likeness (QED) is 0.113. The first-order valence-corrected chi connectivity index (χ1v) is 30.8. The largest absolute Gasteiger partial charge is 0.345 e. The van der Waals surface area contributed by atoms with Crippen molar-refractivity contribution in [3.05, 3.63) is 352 Å². The Morgan fingerprint density at radius 2 is 0.433 bits per heavy atom. The summed E-state index contributed by atoms with van der Waals surface area (Å²) in [6.07, 6.45) is 0. The van der Waals surface area contributed by atoms with Crippen LogP contribution in [0, 0.1) is 0 Å². The number of nitrogens with zero attached hydrogens (tertiary/aromatic N) is 4. The van der Waals surface area contributed by atoms with Crippen LogP contribution in [0.2, 0.25) is 0 Å². The van der Waals surface area contributed by atoms with Gasteiger partial charge in [0.25, 0.3) is 0 Å². The number of rotatable bonds is 12. The van der Waals surface area contributed by atoms with Gasteiger partial charge in [0.2, 0.25) is 0 Å². The lowest BCUT2D eigenvalue weighted by Crippen LogP contribution is -2.10. The van der Waals surface area contributed by atoms with Gasteiger partial charge in [-0.3, -0.25) is 0 Å². The molecule has 4 heteroatoms. The second-order valence-corrected chi connectivity index (χ2v) is 23.1. The number of anilines is 10. The maximum Gasteiger partial charge on any atom is 0.0567 e. The van der Waals surface area contributed by atoms with E-state index in [4.69, 9.17) is 0 Å². The van der Waals surface area contributed by atoms with E-state index in [0.717, 1.165) is 45.5 Å². The topological polar surface area (TPSA) is 13.0 Å². The minimum Gasteiger partial charge on any atom is -0.345 e. The van der Waals surface area contributed by atoms with Crippen molar-refractivity contribution in [2.24, 2.45) is 0 Å². The fourth-order valence-electron chi connectivity index (χ4n) is 12.8. The van der Waals surface area contributed by atoms with Gasteiger partial charge in [-0.2, -0.15) is 0 Å². The van der Waals surface area contributed by atoms with Gasteiger partial charge in [-0.15, -0.1) is 0 Å². The molecule has 16 aromatic carbocycles. The van der Waals surface area contributed by atoms with E-state index >= 15 is 0 Å². The highest BCUT2D eigenvalue weighted by atomic mass is 15.1. The minimum absolute atomic E-state index is 1.12. The summed E-state index contributed by atoms with van der Waals surface area (Å²) in [4.78, 5) is 9.21. The number of benzene rings is 16. The van der Waals surface area contributed by atoms with E-state index in [1.807, 2.05) is 0 Å². The average Bonchev–Trinajstić information content (AvgIpc) is 0.935. The molecule has 428 valence electrons. The molecule has 0 radical (unpaired) electrons. The van der Waals surface area contributed by atoms with E-state index in [1.165, 1.54) is 98.3 Å². The molecule has 90 heavy (non-hydrogen) atoms. The molecule has 16 rings (SSSR count). The Bertz CT molecular complexity index is 5150. The molecule has 0 aliphatic carbocycles. The van der Waals surface area contributed by atoms with Gasteiger partial charge in [0.15, 0.2) is 0 Å². The third-order valence-electron chi connectivity index (χ3n) is 17.6. The molecule has 0 N–H and O–H groups in total. The van der Waals surface area contributed by atoms with Gasteiger partial charge in [0, 0.05) is 76.1 Å². The first kappa shape index (κ1) is 54.9. The van der Waals surface area contributed by atoms with Crippen LogP contribution in [0.25, 0.3) is 86.9 Å². The van der Waals surface area contributed by atoms with Gasteiger partial charge < -0.3 is 19.6 Å². The zero-order valence-corrected chi connectivity index (χ0v) is 50.3.